The molecule has 0 aliphatic carbocycles. The number of sulfonamides is 1. The minimum absolute atomic E-state index is 0.173. The number of rotatable bonds is 5. The number of hydrogen-bond acceptors (Lipinski definition) is 3. The number of nitrogens with one attached hydrogen (secondary N) is 1. The molecule has 1 N–H and O–H groups in total. The molecule has 0 saturated heterocycles. The summed E-state index contributed by atoms with van der Waals surface area (Å²) in [6.45, 7) is -0.722. The summed E-state index contributed by atoms with van der Waals surface area (Å²) in [5, 5.41) is 2.85. The number of halogens is 5. The van der Waals surface area contributed by atoms with Crippen LogP contribution >= 0.6 is 23.2 Å². The van der Waals surface area contributed by atoms with Crippen LogP contribution in [0.25, 0.3) is 0 Å². The van der Waals surface area contributed by atoms with E-state index in [0.717, 1.165) is 18.4 Å². The maximum absolute atomic E-state index is 12.9. The Morgan fingerprint density at radius 1 is 1.11 bits per heavy atom. The van der Waals surface area contributed by atoms with Crippen LogP contribution in [-0.4, -0.2) is 27.1 Å². The highest BCUT2D eigenvalue weighted by Crippen LogP contribution is 2.32. The number of amides is 1. The normalized spacial score (nSPS) is 11.9. The fourth-order valence-electron chi connectivity index (χ4n) is 2.14. The Morgan fingerprint density at radius 3 is 2.33 bits per heavy atom. The Bertz CT molecular complexity index is 966. The van der Waals surface area contributed by atoms with Crippen LogP contribution in [0.1, 0.15) is 5.56 Å². The molecule has 2 rings (SSSR count). The fourth-order valence-corrected chi connectivity index (χ4v) is 3.29. The maximum atomic E-state index is 12.9. The second-order valence-corrected chi connectivity index (χ2v) is 8.22. The lowest BCUT2D eigenvalue weighted by Crippen LogP contribution is -2.37. The molecule has 0 fully saturated rings. The van der Waals surface area contributed by atoms with Crippen LogP contribution in [0.3, 0.4) is 0 Å². The SMILES string of the molecule is CS(=O)(=O)N(CC(=O)Nc1ccc(Cl)c(Cl)c1)c1cccc(C(F)(F)F)c1. The number of hydrogen-bond donors (Lipinski definition) is 1. The first-order valence-corrected chi connectivity index (χ1v) is 9.88. The highest BCUT2D eigenvalue weighted by Gasteiger charge is 2.32. The molecule has 1 amide bonds. The topological polar surface area (TPSA) is 66.5 Å². The smallest absolute Gasteiger partial charge is 0.324 e. The summed E-state index contributed by atoms with van der Waals surface area (Å²) in [6.07, 6.45) is -3.86. The quantitative estimate of drug-likeness (QED) is 0.748. The van der Waals surface area contributed by atoms with Crippen molar-refractivity contribution in [1.82, 2.24) is 0 Å². The summed E-state index contributed by atoms with van der Waals surface area (Å²) < 4.78 is 63.2. The van der Waals surface area contributed by atoms with E-state index in [9.17, 15) is 26.4 Å². The summed E-state index contributed by atoms with van der Waals surface area (Å²) in [5.74, 6) is -0.767. The van der Waals surface area contributed by atoms with Crippen LogP contribution in [0.2, 0.25) is 10.0 Å². The van der Waals surface area contributed by atoms with Gasteiger partial charge in [0.15, 0.2) is 0 Å². The first-order chi connectivity index (χ1) is 12.4. The predicted molar refractivity (Wildman–Crippen MR) is 98.7 cm³/mol. The number of benzene rings is 2. The zero-order chi connectivity index (χ0) is 20.4. The van der Waals surface area contributed by atoms with Gasteiger partial charge in [-0.2, -0.15) is 13.2 Å². The van der Waals surface area contributed by atoms with Gasteiger partial charge in [0.25, 0.3) is 0 Å². The summed E-state index contributed by atoms with van der Waals surface area (Å²) in [5.41, 5.74) is -1.05. The van der Waals surface area contributed by atoms with Gasteiger partial charge in [0.1, 0.15) is 6.54 Å². The van der Waals surface area contributed by atoms with E-state index in [0.29, 0.717) is 10.4 Å². The number of carbonyl (C=O) groups excluding carboxylic acids is 1. The van der Waals surface area contributed by atoms with Gasteiger partial charge in [-0.15, -0.1) is 0 Å². The molecule has 2 aromatic rings. The minimum atomic E-state index is -4.65. The molecule has 0 bridgehead atoms. The van der Waals surface area contributed by atoms with E-state index in [1.807, 2.05) is 0 Å². The van der Waals surface area contributed by atoms with Crippen molar-refractivity contribution in [3.63, 3.8) is 0 Å². The van der Waals surface area contributed by atoms with Gasteiger partial charge in [0, 0.05) is 5.69 Å². The fraction of sp³-hybridized carbons (Fsp3) is 0.188. The van der Waals surface area contributed by atoms with Crippen molar-refractivity contribution >= 4 is 50.5 Å². The minimum Gasteiger partial charge on any atom is -0.324 e. The standard InChI is InChI=1S/C16H13Cl2F3N2O3S/c1-27(25,26)23(12-4-2-3-10(7-12)16(19,20)21)9-15(24)22-11-5-6-13(17)14(18)8-11/h2-8H,9H2,1H3,(H,22,24). The van der Waals surface area contributed by atoms with Crippen molar-refractivity contribution in [3.05, 3.63) is 58.1 Å². The van der Waals surface area contributed by atoms with E-state index >= 15 is 0 Å². The van der Waals surface area contributed by atoms with Crippen molar-refractivity contribution in [2.45, 2.75) is 6.18 Å². The molecule has 0 saturated carbocycles. The van der Waals surface area contributed by atoms with Crippen molar-refractivity contribution in [2.24, 2.45) is 0 Å². The molecule has 0 heterocycles. The Balaban J connectivity index is 2.27. The molecule has 0 aliphatic heterocycles. The summed E-state index contributed by atoms with van der Waals surface area (Å²) >= 11 is 11.6. The number of nitrogens with zero attached hydrogens (tertiary/aromatic N) is 1. The molecule has 0 unspecified atom stereocenters. The van der Waals surface area contributed by atoms with Crippen molar-refractivity contribution < 1.29 is 26.4 Å². The largest absolute Gasteiger partial charge is 0.416 e. The third kappa shape index (κ3) is 5.75. The van der Waals surface area contributed by atoms with E-state index in [1.54, 1.807) is 0 Å². The third-order valence-electron chi connectivity index (χ3n) is 3.35. The Labute approximate surface area is 163 Å². The van der Waals surface area contributed by atoms with Gasteiger partial charge in [-0.05, 0) is 36.4 Å². The molecule has 0 spiro atoms. The third-order valence-corrected chi connectivity index (χ3v) is 5.23. The molecule has 0 atom stereocenters. The molecule has 2 aromatic carbocycles. The molecule has 0 radical (unpaired) electrons. The van der Waals surface area contributed by atoms with Crippen molar-refractivity contribution in [3.8, 4) is 0 Å². The summed E-state index contributed by atoms with van der Waals surface area (Å²) in [4.78, 5) is 12.2. The Hall–Kier alpha value is -1.97. The number of alkyl halides is 3. The van der Waals surface area contributed by atoms with Crippen molar-refractivity contribution in [1.29, 1.82) is 0 Å². The molecule has 0 aliphatic rings. The number of anilines is 2. The van der Waals surface area contributed by atoms with E-state index in [2.05, 4.69) is 5.32 Å². The second-order valence-electron chi connectivity index (χ2n) is 5.49. The van der Waals surface area contributed by atoms with E-state index in [4.69, 9.17) is 23.2 Å². The van der Waals surface area contributed by atoms with Gasteiger partial charge in [-0.1, -0.05) is 29.3 Å². The molecule has 11 heteroatoms. The molecule has 5 nitrogen and oxygen atoms in total. The zero-order valence-corrected chi connectivity index (χ0v) is 16.0. The van der Waals surface area contributed by atoms with Crippen molar-refractivity contribution in [2.75, 3.05) is 22.4 Å². The van der Waals surface area contributed by atoms with Gasteiger partial charge in [-0.3, -0.25) is 9.10 Å². The lowest BCUT2D eigenvalue weighted by atomic mass is 10.2. The summed E-state index contributed by atoms with van der Waals surface area (Å²) in [6, 6.07) is 7.93. The predicted octanol–water partition coefficient (Wildman–Crippen LogP) is 4.42. The first-order valence-electron chi connectivity index (χ1n) is 7.28. The first kappa shape index (κ1) is 21.3. The van der Waals surface area contributed by atoms with Crippen LogP contribution in [0.4, 0.5) is 24.5 Å². The Morgan fingerprint density at radius 2 is 1.78 bits per heavy atom. The molecular formula is C16H13Cl2F3N2O3S. The molecule has 27 heavy (non-hydrogen) atoms. The van der Waals surface area contributed by atoms with Gasteiger partial charge in [0.05, 0.1) is 27.6 Å². The van der Waals surface area contributed by atoms with Gasteiger partial charge in [-0.25, -0.2) is 8.42 Å². The summed E-state index contributed by atoms with van der Waals surface area (Å²) in [7, 11) is -4.02. The van der Waals surface area contributed by atoms with Gasteiger partial charge < -0.3 is 5.32 Å². The van der Waals surface area contributed by atoms with Crippen LogP contribution < -0.4 is 9.62 Å². The lowest BCUT2D eigenvalue weighted by molar-refractivity contribution is -0.137. The monoisotopic (exact) mass is 440 g/mol. The average Bonchev–Trinajstić information content (AvgIpc) is 2.54. The van der Waals surface area contributed by atoms with E-state index in [-0.39, 0.29) is 21.4 Å². The van der Waals surface area contributed by atoms with E-state index in [1.165, 1.54) is 24.3 Å². The molecular weight excluding hydrogens is 428 g/mol. The Kier molecular flexibility index (Phi) is 6.28. The zero-order valence-electron chi connectivity index (χ0n) is 13.7. The average molecular weight is 441 g/mol. The second kappa shape index (κ2) is 7.95. The molecule has 146 valence electrons. The van der Waals surface area contributed by atoms with Crippen LogP contribution in [0.5, 0.6) is 0 Å². The lowest BCUT2D eigenvalue weighted by Gasteiger charge is -2.23. The highest BCUT2D eigenvalue weighted by atomic mass is 35.5. The van der Waals surface area contributed by atoms with Gasteiger partial charge >= 0.3 is 6.18 Å². The van der Waals surface area contributed by atoms with Crippen LogP contribution in [0, 0.1) is 0 Å². The van der Waals surface area contributed by atoms with Crippen LogP contribution in [0.15, 0.2) is 42.5 Å². The molecule has 0 aromatic heterocycles. The number of carbonyl (C=O) groups is 1. The van der Waals surface area contributed by atoms with Gasteiger partial charge in [0.2, 0.25) is 15.9 Å². The van der Waals surface area contributed by atoms with E-state index < -0.39 is 34.2 Å². The highest BCUT2D eigenvalue weighted by molar-refractivity contribution is 7.92. The van der Waals surface area contributed by atoms with Crippen LogP contribution in [-0.2, 0) is 21.0 Å². The maximum Gasteiger partial charge on any atom is 0.416 e.